The van der Waals surface area contributed by atoms with E-state index in [2.05, 4.69) is 5.32 Å². The van der Waals surface area contributed by atoms with Crippen molar-refractivity contribution in [2.75, 3.05) is 24.0 Å². The normalized spacial score (nSPS) is 11.9. The van der Waals surface area contributed by atoms with Crippen molar-refractivity contribution in [2.24, 2.45) is 0 Å². The first kappa shape index (κ1) is 29.6. The summed E-state index contributed by atoms with van der Waals surface area (Å²) >= 11 is 0. The van der Waals surface area contributed by atoms with E-state index in [0.29, 0.717) is 18.9 Å². The summed E-state index contributed by atoms with van der Waals surface area (Å²) in [6.07, 6.45) is 0.726. The molecule has 0 spiro atoms. The summed E-state index contributed by atoms with van der Waals surface area (Å²) in [6, 6.07) is 19.0. The van der Waals surface area contributed by atoms with Crippen LogP contribution in [0.3, 0.4) is 0 Å². The molecule has 1 atom stereocenters. The third-order valence-electron chi connectivity index (χ3n) is 6.03. The number of ether oxygens (including phenoxy) is 1. The molecule has 0 aliphatic rings. The molecule has 0 radical (unpaired) electrons. The van der Waals surface area contributed by atoms with Gasteiger partial charge in [0.15, 0.2) is 0 Å². The lowest BCUT2D eigenvalue weighted by Gasteiger charge is -2.32. The minimum absolute atomic E-state index is 0.0635. The number of hydrogen-bond acceptors (Lipinski definition) is 5. The first-order chi connectivity index (χ1) is 18.7. The molecule has 10 heteroatoms. The van der Waals surface area contributed by atoms with Crippen LogP contribution in [0.2, 0.25) is 0 Å². The van der Waals surface area contributed by atoms with E-state index in [1.54, 1.807) is 6.92 Å². The van der Waals surface area contributed by atoms with E-state index in [1.165, 1.54) is 41.3 Å². The summed E-state index contributed by atoms with van der Waals surface area (Å²) in [6.45, 7) is 5.71. The number of carbonyl (C=O) groups is 2. The van der Waals surface area contributed by atoms with Gasteiger partial charge in [-0.2, -0.15) is 0 Å². The van der Waals surface area contributed by atoms with Crippen LogP contribution in [0.5, 0.6) is 5.75 Å². The van der Waals surface area contributed by atoms with Crippen LogP contribution >= 0.6 is 0 Å². The molecule has 0 saturated heterocycles. The molecule has 0 unspecified atom stereocenters. The highest BCUT2D eigenvalue weighted by Crippen LogP contribution is 2.26. The molecular formula is C29H34FN3O5S. The molecule has 0 aromatic heterocycles. The molecule has 0 aliphatic heterocycles. The van der Waals surface area contributed by atoms with E-state index in [9.17, 15) is 22.4 Å². The maximum absolute atomic E-state index is 13.8. The highest BCUT2D eigenvalue weighted by molar-refractivity contribution is 7.92. The van der Waals surface area contributed by atoms with Gasteiger partial charge in [-0.1, -0.05) is 37.3 Å². The van der Waals surface area contributed by atoms with Crippen LogP contribution in [0.25, 0.3) is 0 Å². The zero-order valence-corrected chi connectivity index (χ0v) is 23.2. The molecule has 0 fully saturated rings. The van der Waals surface area contributed by atoms with Gasteiger partial charge in [0.2, 0.25) is 11.8 Å². The van der Waals surface area contributed by atoms with Gasteiger partial charge < -0.3 is 15.0 Å². The number of anilines is 1. The van der Waals surface area contributed by atoms with Gasteiger partial charge in [-0.25, -0.2) is 12.8 Å². The highest BCUT2D eigenvalue weighted by Gasteiger charge is 2.32. The Labute approximate surface area is 229 Å². The van der Waals surface area contributed by atoms with Gasteiger partial charge in [-0.15, -0.1) is 0 Å². The minimum atomic E-state index is -4.25. The maximum Gasteiger partial charge on any atom is 0.264 e. The summed E-state index contributed by atoms with van der Waals surface area (Å²) in [5, 5.41) is 2.80. The van der Waals surface area contributed by atoms with E-state index < -0.39 is 34.3 Å². The largest absolute Gasteiger partial charge is 0.494 e. The van der Waals surface area contributed by atoms with E-state index in [0.717, 1.165) is 28.4 Å². The van der Waals surface area contributed by atoms with Crippen molar-refractivity contribution >= 4 is 27.5 Å². The molecular weight excluding hydrogens is 521 g/mol. The third kappa shape index (κ3) is 7.79. The van der Waals surface area contributed by atoms with Crippen molar-refractivity contribution in [3.63, 3.8) is 0 Å². The van der Waals surface area contributed by atoms with Crippen molar-refractivity contribution in [3.8, 4) is 5.75 Å². The molecule has 3 aromatic carbocycles. The van der Waals surface area contributed by atoms with Crippen molar-refractivity contribution in [1.29, 1.82) is 0 Å². The van der Waals surface area contributed by atoms with Crippen LogP contribution in [0.4, 0.5) is 10.1 Å². The van der Waals surface area contributed by atoms with Gasteiger partial charge in [-0.05, 0) is 74.4 Å². The first-order valence-electron chi connectivity index (χ1n) is 12.8. The number of halogens is 1. The summed E-state index contributed by atoms with van der Waals surface area (Å²) in [5.41, 5.74) is 0.894. The van der Waals surface area contributed by atoms with Gasteiger partial charge in [0.05, 0.1) is 17.2 Å². The average molecular weight is 556 g/mol. The fraction of sp³-hybridized carbons (Fsp3) is 0.310. The second-order valence-electron chi connectivity index (χ2n) is 8.87. The Balaban J connectivity index is 1.99. The molecule has 0 saturated carbocycles. The van der Waals surface area contributed by atoms with Crippen molar-refractivity contribution in [3.05, 3.63) is 90.2 Å². The molecule has 0 aliphatic carbocycles. The van der Waals surface area contributed by atoms with Crippen LogP contribution in [-0.4, -0.2) is 50.9 Å². The predicted molar refractivity (Wildman–Crippen MR) is 148 cm³/mol. The third-order valence-corrected chi connectivity index (χ3v) is 7.82. The van der Waals surface area contributed by atoms with Crippen LogP contribution in [-0.2, 0) is 26.2 Å². The molecule has 0 bridgehead atoms. The van der Waals surface area contributed by atoms with Crippen molar-refractivity contribution in [1.82, 2.24) is 10.2 Å². The lowest BCUT2D eigenvalue weighted by molar-refractivity contribution is -0.139. The van der Waals surface area contributed by atoms with Crippen LogP contribution < -0.4 is 14.4 Å². The number of rotatable bonds is 13. The average Bonchev–Trinajstić information content (AvgIpc) is 2.94. The van der Waals surface area contributed by atoms with Crippen LogP contribution in [0.1, 0.15) is 32.8 Å². The molecule has 2 amide bonds. The van der Waals surface area contributed by atoms with Crippen LogP contribution in [0.15, 0.2) is 83.8 Å². The summed E-state index contributed by atoms with van der Waals surface area (Å²) < 4.78 is 47.6. The summed E-state index contributed by atoms with van der Waals surface area (Å²) in [4.78, 5) is 27.9. The predicted octanol–water partition coefficient (Wildman–Crippen LogP) is 4.36. The highest BCUT2D eigenvalue weighted by atomic mass is 32.2. The number of benzene rings is 3. The van der Waals surface area contributed by atoms with E-state index in [4.69, 9.17) is 4.74 Å². The molecule has 208 valence electrons. The molecule has 3 aromatic rings. The van der Waals surface area contributed by atoms with Crippen molar-refractivity contribution in [2.45, 2.75) is 44.7 Å². The topological polar surface area (TPSA) is 96.0 Å². The van der Waals surface area contributed by atoms with Gasteiger partial charge in [0.25, 0.3) is 10.0 Å². The number of nitrogens with one attached hydrogen (secondary N) is 1. The lowest BCUT2D eigenvalue weighted by Crippen LogP contribution is -2.51. The standard InChI is InChI=1S/C29H34FN3O5S/c1-4-19-31-29(35)22(3)32(20-23-9-7-6-8-10-23)28(34)21-33(25-13-11-24(30)12-14-25)39(36,37)27-17-15-26(16-18-27)38-5-2/h6-18,22H,4-5,19-21H2,1-3H3,(H,31,35)/t22-/m1/s1. The van der Waals surface area contributed by atoms with E-state index >= 15 is 0 Å². The lowest BCUT2D eigenvalue weighted by atomic mass is 10.1. The van der Waals surface area contributed by atoms with Gasteiger partial charge in [0.1, 0.15) is 24.2 Å². The monoisotopic (exact) mass is 555 g/mol. The first-order valence-corrected chi connectivity index (χ1v) is 14.2. The fourth-order valence-electron chi connectivity index (χ4n) is 3.90. The smallest absolute Gasteiger partial charge is 0.264 e. The Kier molecular flexibility index (Phi) is 10.4. The number of carbonyl (C=O) groups excluding carboxylic acids is 2. The molecule has 39 heavy (non-hydrogen) atoms. The van der Waals surface area contributed by atoms with Gasteiger partial charge in [0, 0.05) is 13.1 Å². The summed E-state index contributed by atoms with van der Waals surface area (Å²) in [5.74, 6) is -0.974. The maximum atomic E-state index is 13.8. The van der Waals surface area contributed by atoms with E-state index in [1.807, 2.05) is 44.2 Å². The Hall–Kier alpha value is -3.92. The molecule has 1 N–H and O–H groups in total. The number of amides is 2. The number of sulfonamides is 1. The zero-order chi connectivity index (χ0) is 28.4. The van der Waals surface area contributed by atoms with Gasteiger partial charge in [-0.3, -0.25) is 13.9 Å². The van der Waals surface area contributed by atoms with Crippen molar-refractivity contribution < 1.29 is 27.1 Å². The van der Waals surface area contributed by atoms with Gasteiger partial charge >= 0.3 is 0 Å². The molecule has 3 rings (SSSR count). The number of nitrogens with zero attached hydrogens (tertiary/aromatic N) is 2. The zero-order valence-electron chi connectivity index (χ0n) is 22.3. The number of hydrogen-bond donors (Lipinski definition) is 1. The van der Waals surface area contributed by atoms with E-state index in [-0.39, 0.29) is 23.0 Å². The Morgan fingerprint density at radius 2 is 1.59 bits per heavy atom. The second-order valence-corrected chi connectivity index (χ2v) is 10.7. The minimum Gasteiger partial charge on any atom is -0.494 e. The summed E-state index contributed by atoms with van der Waals surface area (Å²) in [7, 11) is -4.25. The quantitative estimate of drug-likeness (QED) is 0.338. The van der Waals surface area contributed by atoms with Crippen LogP contribution in [0, 0.1) is 5.82 Å². The second kappa shape index (κ2) is 13.7. The Morgan fingerprint density at radius 1 is 0.949 bits per heavy atom. The SMILES string of the molecule is CCCNC(=O)[C@@H](C)N(Cc1ccccc1)C(=O)CN(c1ccc(F)cc1)S(=O)(=O)c1ccc(OCC)cc1. The molecule has 8 nitrogen and oxygen atoms in total. The fourth-order valence-corrected chi connectivity index (χ4v) is 5.31. The Bertz CT molecular complexity index is 1330. The Morgan fingerprint density at radius 3 is 2.18 bits per heavy atom. The molecule has 0 heterocycles.